The molecule has 19 heavy (non-hydrogen) atoms. The molecule has 0 spiro atoms. The van der Waals surface area contributed by atoms with Crippen LogP contribution in [0.4, 0.5) is 0 Å². The van der Waals surface area contributed by atoms with Crippen LogP contribution in [0.15, 0.2) is 18.2 Å². The highest BCUT2D eigenvalue weighted by molar-refractivity contribution is 5.77. The first-order valence-corrected chi connectivity index (χ1v) is 6.67. The van der Waals surface area contributed by atoms with Gasteiger partial charge in [0.25, 0.3) is 0 Å². The fourth-order valence-electron chi connectivity index (χ4n) is 2.55. The molecule has 2 heterocycles. The van der Waals surface area contributed by atoms with E-state index in [0.717, 1.165) is 37.2 Å². The average molecular weight is 262 g/mol. The third kappa shape index (κ3) is 2.51. The standard InChI is InChI=1S/C14H18N2O3/c15-11(8-14(17)16-5-1-2-6-16)10-3-4-12-13(7-10)19-9-18-12/h3-4,7,11H,1-2,5-6,8-9,15H2. The number of benzene rings is 1. The summed E-state index contributed by atoms with van der Waals surface area (Å²) in [5.74, 6) is 1.59. The van der Waals surface area contributed by atoms with Crippen molar-refractivity contribution in [2.24, 2.45) is 5.73 Å². The first-order valence-electron chi connectivity index (χ1n) is 6.67. The maximum atomic E-state index is 12.1. The van der Waals surface area contributed by atoms with E-state index in [1.54, 1.807) is 0 Å². The number of rotatable bonds is 3. The smallest absolute Gasteiger partial charge is 0.231 e. The lowest BCUT2D eigenvalue weighted by molar-refractivity contribution is -0.130. The Labute approximate surface area is 112 Å². The Morgan fingerprint density at radius 2 is 2.00 bits per heavy atom. The predicted molar refractivity (Wildman–Crippen MR) is 69.9 cm³/mol. The lowest BCUT2D eigenvalue weighted by Crippen LogP contribution is -2.30. The van der Waals surface area contributed by atoms with Gasteiger partial charge in [-0.25, -0.2) is 0 Å². The Morgan fingerprint density at radius 1 is 1.26 bits per heavy atom. The lowest BCUT2D eigenvalue weighted by atomic mass is 10.0. The van der Waals surface area contributed by atoms with Crippen LogP contribution < -0.4 is 15.2 Å². The number of fused-ring (bicyclic) bond motifs is 1. The van der Waals surface area contributed by atoms with Gasteiger partial charge in [0.15, 0.2) is 11.5 Å². The van der Waals surface area contributed by atoms with E-state index in [9.17, 15) is 4.79 Å². The van der Waals surface area contributed by atoms with Gasteiger partial charge >= 0.3 is 0 Å². The van der Waals surface area contributed by atoms with Gasteiger partial charge in [0.2, 0.25) is 12.7 Å². The van der Waals surface area contributed by atoms with Gasteiger partial charge in [-0.2, -0.15) is 0 Å². The van der Waals surface area contributed by atoms with Gasteiger partial charge in [-0.3, -0.25) is 4.79 Å². The number of amides is 1. The van der Waals surface area contributed by atoms with Crippen LogP contribution in [0.25, 0.3) is 0 Å². The molecule has 0 saturated carbocycles. The fourth-order valence-corrected chi connectivity index (χ4v) is 2.55. The summed E-state index contributed by atoms with van der Waals surface area (Å²) in [5.41, 5.74) is 7.03. The van der Waals surface area contributed by atoms with Crippen LogP contribution in [0, 0.1) is 0 Å². The van der Waals surface area contributed by atoms with Crippen LogP contribution in [-0.2, 0) is 4.79 Å². The Morgan fingerprint density at radius 3 is 2.79 bits per heavy atom. The SMILES string of the molecule is NC(CC(=O)N1CCCC1)c1ccc2c(c1)OCO2. The minimum absolute atomic E-state index is 0.141. The molecule has 0 aromatic heterocycles. The summed E-state index contributed by atoms with van der Waals surface area (Å²) in [6, 6.07) is 5.32. The van der Waals surface area contributed by atoms with Crippen LogP contribution in [0.5, 0.6) is 11.5 Å². The van der Waals surface area contributed by atoms with Gasteiger partial charge in [-0.1, -0.05) is 6.07 Å². The minimum Gasteiger partial charge on any atom is -0.454 e. The molecule has 0 bridgehead atoms. The van der Waals surface area contributed by atoms with E-state index >= 15 is 0 Å². The number of nitrogens with two attached hydrogens (primary N) is 1. The normalized spacial score (nSPS) is 18.7. The highest BCUT2D eigenvalue weighted by atomic mass is 16.7. The highest BCUT2D eigenvalue weighted by Crippen LogP contribution is 2.34. The van der Waals surface area contributed by atoms with Crippen LogP contribution in [0.1, 0.15) is 30.9 Å². The van der Waals surface area contributed by atoms with Crippen LogP contribution in [0.3, 0.4) is 0 Å². The monoisotopic (exact) mass is 262 g/mol. The topological polar surface area (TPSA) is 64.8 Å². The molecule has 5 heteroatoms. The first kappa shape index (κ1) is 12.3. The fraction of sp³-hybridized carbons (Fsp3) is 0.500. The van der Waals surface area contributed by atoms with Gasteiger partial charge in [-0.05, 0) is 30.5 Å². The second kappa shape index (κ2) is 5.09. The van der Waals surface area contributed by atoms with Crippen molar-refractivity contribution < 1.29 is 14.3 Å². The largest absolute Gasteiger partial charge is 0.454 e. The molecule has 1 fully saturated rings. The summed E-state index contributed by atoms with van der Waals surface area (Å²) < 4.78 is 10.6. The molecule has 2 aliphatic rings. The lowest BCUT2D eigenvalue weighted by Gasteiger charge is -2.18. The van der Waals surface area contributed by atoms with Gasteiger partial charge in [0.1, 0.15) is 0 Å². The second-order valence-electron chi connectivity index (χ2n) is 5.01. The molecule has 5 nitrogen and oxygen atoms in total. The first-order chi connectivity index (χ1) is 9.24. The van der Waals surface area contributed by atoms with Crippen molar-refractivity contribution in [3.8, 4) is 11.5 Å². The number of hydrogen-bond donors (Lipinski definition) is 1. The van der Waals surface area contributed by atoms with Crippen LogP contribution in [0.2, 0.25) is 0 Å². The number of nitrogens with zero attached hydrogens (tertiary/aromatic N) is 1. The third-order valence-electron chi connectivity index (χ3n) is 3.68. The molecule has 0 aliphatic carbocycles. The maximum absolute atomic E-state index is 12.1. The molecule has 1 aromatic rings. The molecule has 2 N–H and O–H groups in total. The van der Waals surface area contributed by atoms with Crippen molar-refractivity contribution in [2.75, 3.05) is 19.9 Å². The molecule has 1 amide bonds. The Hall–Kier alpha value is -1.75. The zero-order valence-electron chi connectivity index (χ0n) is 10.8. The van der Waals surface area contributed by atoms with Crippen molar-refractivity contribution in [1.82, 2.24) is 4.90 Å². The van der Waals surface area contributed by atoms with Crippen molar-refractivity contribution in [2.45, 2.75) is 25.3 Å². The molecule has 102 valence electrons. The van der Waals surface area contributed by atoms with Crippen molar-refractivity contribution in [1.29, 1.82) is 0 Å². The van der Waals surface area contributed by atoms with E-state index in [0.29, 0.717) is 12.2 Å². The van der Waals surface area contributed by atoms with Crippen LogP contribution >= 0.6 is 0 Å². The van der Waals surface area contributed by atoms with E-state index < -0.39 is 0 Å². The maximum Gasteiger partial charge on any atom is 0.231 e. The van der Waals surface area contributed by atoms with Crippen LogP contribution in [-0.4, -0.2) is 30.7 Å². The zero-order valence-corrected chi connectivity index (χ0v) is 10.8. The molecule has 0 radical (unpaired) electrons. The number of carbonyl (C=O) groups is 1. The molecular formula is C14H18N2O3. The molecule has 1 aromatic carbocycles. The van der Waals surface area contributed by atoms with E-state index in [1.165, 1.54) is 0 Å². The summed E-state index contributed by atoms with van der Waals surface area (Å²) >= 11 is 0. The van der Waals surface area contributed by atoms with Crippen molar-refractivity contribution >= 4 is 5.91 Å². The Bertz CT molecular complexity index is 484. The van der Waals surface area contributed by atoms with Crippen molar-refractivity contribution in [3.05, 3.63) is 23.8 Å². The Kier molecular flexibility index (Phi) is 3.29. The minimum atomic E-state index is -0.289. The quantitative estimate of drug-likeness (QED) is 0.895. The van der Waals surface area contributed by atoms with E-state index in [2.05, 4.69) is 0 Å². The van der Waals surface area contributed by atoms with Gasteiger partial charge in [0.05, 0.1) is 0 Å². The molecule has 1 unspecified atom stereocenters. The zero-order chi connectivity index (χ0) is 13.2. The van der Waals surface area contributed by atoms with E-state index in [-0.39, 0.29) is 18.7 Å². The van der Waals surface area contributed by atoms with E-state index in [1.807, 2.05) is 23.1 Å². The van der Waals surface area contributed by atoms with E-state index in [4.69, 9.17) is 15.2 Å². The average Bonchev–Trinajstić information content (AvgIpc) is 3.09. The predicted octanol–water partition coefficient (Wildman–Crippen LogP) is 1.43. The number of hydrogen-bond acceptors (Lipinski definition) is 4. The van der Waals surface area contributed by atoms with Gasteiger partial charge in [0, 0.05) is 25.6 Å². The number of carbonyl (C=O) groups excluding carboxylic acids is 1. The second-order valence-corrected chi connectivity index (χ2v) is 5.01. The summed E-state index contributed by atoms with van der Waals surface area (Å²) in [5, 5.41) is 0. The number of ether oxygens (including phenoxy) is 2. The van der Waals surface area contributed by atoms with Gasteiger partial charge in [-0.15, -0.1) is 0 Å². The molecular weight excluding hydrogens is 244 g/mol. The summed E-state index contributed by atoms with van der Waals surface area (Å²) in [4.78, 5) is 13.9. The molecule has 2 aliphatic heterocycles. The summed E-state index contributed by atoms with van der Waals surface area (Å²) in [6.45, 7) is 1.99. The third-order valence-corrected chi connectivity index (χ3v) is 3.68. The Balaban J connectivity index is 1.66. The van der Waals surface area contributed by atoms with Gasteiger partial charge < -0.3 is 20.1 Å². The van der Waals surface area contributed by atoms with Crippen molar-refractivity contribution in [3.63, 3.8) is 0 Å². The molecule has 1 atom stereocenters. The number of likely N-dealkylation sites (tertiary alicyclic amines) is 1. The molecule has 3 rings (SSSR count). The molecule has 1 saturated heterocycles. The highest BCUT2D eigenvalue weighted by Gasteiger charge is 2.22. The summed E-state index contributed by atoms with van der Waals surface area (Å²) in [6.07, 6.45) is 2.55. The summed E-state index contributed by atoms with van der Waals surface area (Å²) in [7, 11) is 0.